The predicted molar refractivity (Wildman–Crippen MR) is 75.5 cm³/mol. The average molecular weight is 317 g/mol. The first-order valence-electron chi connectivity index (χ1n) is 5.97. The second-order valence-corrected chi connectivity index (χ2v) is 6.43. The highest BCUT2D eigenvalue weighted by molar-refractivity contribution is 8.26. The molecule has 1 aliphatic rings. The van der Waals surface area contributed by atoms with Gasteiger partial charge in [0.1, 0.15) is 11.0 Å². The van der Waals surface area contributed by atoms with Crippen LogP contribution in [-0.2, 0) is 19.1 Å². The van der Waals surface area contributed by atoms with Gasteiger partial charge in [-0.3, -0.25) is 4.79 Å². The van der Waals surface area contributed by atoms with Crippen LogP contribution in [0.4, 0.5) is 0 Å². The predicted octanol–water partition coefficient (Wildman–Crippen LogP) is 1.41. The molecule has 1 unspecified atom stereocenters. The molecule has 1 aliphatic heterocycles. The number of nitrogens with zero attached hydrogens (tertiary/aromatic N) is 1. The number of esters is 2. The minimum atomic E-state index is -1.36. The maximum Gasteiger partial charge on any atom is 0.350 e. The topological polar surface area (TPSA) is 96.6 Å². The minimum Gasteiger partial charge on any atom is -0.466 e. The SMILES string of the molecule is CCOC(=O)CC1(O)CSC(=C(C#N)C(=O)OCC)S1. The van der Waals surface area contributed by atoms with Gasteiger partial charge in [-0.2, -0.15) is 5.26 Å². The molecule has 0 aromatic rings. The van der Waals surface area contributed by atoms with Gasteiger partial charge in [0.15, 0.2) is 5.57 Å². The third kappa shape index (κ3) is 4.44. The highest BCUT2D eigenvalue weighted by Crippen LogP contribution is 2.50. The summed E-state index contributed by atoms with van der Waals surface area (Å²) in [5.74, 6) is -1.03. The fraction of sp³-hybridized carbons (Fsp3) is 0.583. The lowest BCUT2D eigenvalue weighted by atomic mass is 10.3. The zero-order valence-corrected chi connectivity index (χ0v) is 12.8. The summed E-state index contributed by atoms with van der Waals surface area (Å²) in [7, 11) is 0. The number of aliphatic hydroxyl groups is 1. The first kappa shape index (κ1) is 16.9. The van der Waals surface area contributed by atoms with E-state index in [9.17, 15) is 14.7 Å². The molecule has 0 aromatic heterocycles. The Kier molecular flexibility index (Phi) is 6.39. The number of ether oxygens (including phenoxy) is 2. The van der Waals surface area contributed by atoms with E-state index in [2.05, 4.69) is 0 Å². The smallest absolute Gasteiger partial charge is 0.350 e. The van der Waals surface area contributed by atoms with Crippen molar-refractivity contribution in [3.05, 3.63) is 9.81 Å². The van der Waals surface area contributed by atoms with Crippen molar-refractivity contribution in [2.45, 2.75) is 25.2 Å². The Hall–Kier alpha value is -1.17. The van der Waals surface area contributed by atoms with Gasteiger partial charge < -0.3 is 14.6 Å². The minimum absolute atomic E-state index is 0.137. The summed E-state index contributed by atoms with van der Waals surface area (Å²) in [5.41, 5.74) is -0.137. The van der Waals surface area contributed by atoms with Crippen LogP contribution in [0.5, 0.6) is 0 Å². The fourth-order valence-electron chi connectivity index (χ4n) is 1.44. The van der Waals surface area contributed by atoms with Crippen molar-refractivity contribution < 1.29 is 24.2 Å². The Labute approximate surface area is 125 Å². The van der Waals surface area contributed by atoms with Gasteiger partial charge in [-0.05, 0) is 13.8 Å². The molecule has 1 atom stereocenters. The number of hydrogen-bond donors (Lipinski definition) is 1. The summed E-state index contributed by atoms with van der Waals surface area (Å²) in [6.07, 6.45) is -0.191. The molecule has 0 bridgehead atoms. The van der Waals surface area contributed by atoms with Crippen LogP contribution >= 0.6 is 23.5 Å². The number of hydrogen-bond acceptors (Lipinski definition) is 8. The fourth-order valence-corrected chi connectivity index (χ4v) is 4.22. The van der Waals surface area contributed by atoms with Crippen molar-refractivity contribution in [2.75, 3.05) is 19.0 Å². The molecule has 1 saturated heterocycles. The van der Waals surface area contributed by atoms with Gasteiger partial charge in [0, 0.05) is 5.75 Å². The lowest BCUT2D eigenvalue weighted by molar-refractivity contribution is -0.145. The molecule has 8 heteroatoms. The van der Waals surface area contributed by atoms with Crippen molar-refractivity contribution in [1.29, 1.82) is 5.26 Å². The Morgan fingerprint density at radius 2 is 2.05 bits per heavy atom. The maximum atomic E-state index is 11.6. The monoisotopic (exact) mass is 317 g/mol. The van der Waals surface area contributed by atoms with Crippen LogP contribution in [-0.4, -0.2) is 40.9 Å². The molecule has 0 aliphatic carbocycles. The van der Waals surface area contributed by atoms with Crippen LogP contribution in [0.1, 0.15) is 20.3 Å². The van der Waals surface area contributed by atoms with Crippen molar-refractivity contribution >= 4 is 35.5 Å². The first-order valence-corrected chi connectivity index (χ1v) is 7.77. The van der Waals surface area contributed by atoms with E-state index in [1.807, 2.05) is 0 Å². The largest absolute Gasteiger partial charge is 0.466 e. The average Bonchev–Trinajstić information content (AvgIpc) is 2.72. The van der Waals surface area contributed by atoms with Crippen LogP contribution in [0.15, 0.2) is 9.81 Å². The van der Waals surface area contributed by atoms with Gasteiger partial charge in [-0.25, -0.2) is 4.79 Å². The molecule has 0 radical (unpaired) electrons. The molecule has 1 fully saturated rings. The Bertz CT molecular complexity index is 471. The second kappa shape index (κ2) is 7.57. The Morgan fingerprint density at radius 3 is 2.60 bits per heavy atom. The third-order valence-electron chi connectivity index (χ3n) is 2.23. The van der Waals surface area contributed by atoms with E-state index >= 15 is 0 Å². The summed E-state index contributed by atoms with van der Waals surface area (Å²) in [6.45, 7) is 3.73. The molecule has 1 heterocycles. The van der Waals surface area contributed by atoms with Crippen molar-refractivity contribution in [3.8, 4) is 6.07 Å². The first-order chi connectivity index (χ1) is 9.45. The van der Waals surface area contributed by atoms with E-state index in [-0.39, 0.29) is 31.0 Å². The van der Waals surface area contributed by atoms with E-state index in [0.717, 1.165) is 23.5 Å². The quantitative estimate of drug-likeness (QED) is 0.462. The van der Waals surface area contributed by atoms with Crippen molar-refractivity contribution in [2.24, 2.45) is 0 Å². The number of rotatable bonds is 5. The van der Waals surface area contributed by atoms with Gasteiger partial charge in [-0.15, -0.1) is 11.8 Å². The molecule has 1 N–H and O–H groups in total. The number of nitriles is 1. The maximum absolute atomic E-state index is 11.6. The Balaban J connectivity index is 2.81. The van der Waals surface area contributed by atoms with Crippen LogP contribution in [0.2, 0.25) is 0 Å². The van der Waals surface area contributed by atoms with Gasteiger partial charge in [0.2, 0.25) is 0 Å². The van der Waals surface area contributed by atoms with E-state index < -0.39 is 16.9 Å². The van der Waals surface area contributed by atoms with Crippen LogP contribution in [0.3, 0.4) is 0 Å². The number of carbonyl (C=O) groups excluding carboxylic acids is 2. The highest BCUT2D eigenvalue weighted by atomic mass is 32.2. The van der Waals surface area contributed by atoms with E-state index in [1.54, 1.807) is 19.9 Å². The second-order valence-electron chi connectivity index (χ2n) is 3.81. The normalized spacial score (nSPS) is 23.9. The van der Waals surface area contributed by atoms with Crippen LogP contribution in [0, 0.1) is 11.3 Å². The van der Waals surface area contributed by atoms with Crippen LogP contribution < -0.4 is 0 Å². The highest BCUT2D eigenvalue weighted by Gasteiger charge is 2.41. The van der Waals surface area contributed by atoms with Gasteiger partial charge in [0.25, 0.3) is 0 Å². The molecule has 0 spiro atoms. The van der Waals surface area contributed by atoms with Gasteiger partial charge in [0.05, 0.1) is 23.9 Å². The third-order valence-corrected chi connectivity index (χ3v) is 5.17. The molecule has 0 saturated carbocycles. The summed E-state index contributed by atoms with van der Waals surface area (Å²) < 4.78 is 9.93. The summed E-state index contributed by atoms with van der Waals surface area (Å²) in [6, 6.07) is 1.78. The van der Waals surface area contributed by atoms with Gasteiger partial charge in [-0.1, -0.05) is 11.8 Å². The van der Waals surface area contributed by atoms with E-state index in [1.165, 1.54) is 0 Å². The molecule has 1 rings (SSSR count). The summed E-state index contributed by atoms with van der Waals surface area (Å²) in [5, 5.41) is 19.3. The molecule has 0 amide bonds. The number of thioether (sulfide) groups is 2. The zero-order chi connectivity index (χ0) is 15.2. The standard InChI is InChI=1S/C12H15NO5S2/c1-3-17-9(14)5-12(16)7-19-11(20-12)8(6-13)10(15)18-4-2/h16H,3-5,7H2,1-2H3. The lowest BCUT2D eigenvalue weighted by Crippen LogP contribution is -2.28. The molecule has 6 nitrogen and oxygen atoms in total. The van der Waals surface area contributed by atoms with Gasteiger partial charge >= 0.3 is 11.9 Å². The van der Waals surface area contributed by atoms with Crippen molar-refractivity contribution in [3.63, 3.8) is 0 Å². The zero-order valence-electron chi connectivity index (χ0n) is 11.2. The molecule has 110 valence electrons. The molecule has 20 heavy (non-hydrogen) atoms. The molecular weight excluding hydrogens is 302 g/mol. The van der Waals surface area contributed by atoms with Crippen molar-refractivity contribution in [1.82, 2.24) is 0 Å². The van der Waals surface area contributed by atoms with E-state index in [0.29, 0.717) is 4.24 Å². The molecule has 0 aromatic carbocycles. The summed E-state index contributed by atoms with van der Waals surface area (Å²) in [4.78, 5) is 21.6. The molecular formula is C12H15NO5S2. The summed E-state index contributed by atoms with van der Waals surface area (Å²) >= 11 is 2.09. The Morgan fingerprint density at radius 1 is 1.40 bits per heavy atom. The van der Waals surface area contributed by atoms with Crippen LogP contribution in [0.25, 0.3) is 0 Å². The number of carbonyl (C=O) groups is 2. The van der Waals surface area contributed by atoms with E-state index in [4.69, 9.17) is 14.7 Å². The lowest BCUT2D eigenvalue weighted by Gasteiger charge is -2.18.